The normalized spacial score (nSPS) is 14.6. The van der Waals surface area contributed by atoms with E-state index >= 15 is 0 Å². The molecule has 1 aromatic rings. The van der Waals surface area contributed by atoms with Crippen LogP contribution in [0.15, 0.2) is 15.9 Å². The van der Waals surface area contributed by atoms with Gasteiger partial charge in [-0.05, 0) is 42.0 Å². The van der Waals surface area contributed by atoms with Crippen molar-refractivity contribution in [3.63, 3.8) is 0 Å². The monoisotopic (exact) mass is 333 g/mol. The molecule has 0 spiro atoms. The lowest BCUT2D eigenvalue weighted by Crippen LogP contribution is -2.38. The van der Waals surface area contributed by atoms with Crippen LogP contribution in [0.2, 0.25) is 0 Å². The van der Waals surface area contributed by atoms with Gasteiger partial charge in [-0.25, -0.2) is 0 Å². The van der Waals surface area contributed by atoms with Crippen molar-refractivity contribution in [1.82, 2.24) is 10.2 Å². The number of hydrogen-bond acceptors (Lipinski definition) is 4. The van der Waals surface area contributed by atoms with Gasteiger partial charge in [-0.2, -0.15) is 0 Å². The molecule has 4 nitrogen and oxygen atoms in total. The number of halogens is 1. The summed E-state index contributed by atoms with van der Waals surface area (Å²) in [7, 11) is 3.66. The molecule has 0 saturated carbocycles. The lowest BCUT2D eigenvalue weighted by molar-refractivity contribution is -0.121. The first-order valence-electron chi connectivity index (χ1n) is 5.87. The first-order valence-corrected chi connectivity index (χ1v) is 7.48. The highest BCUT2D eigenvalue weighted by molar-refractivity contribution is 9.11. The van der Waals surface area contributed by atoms with Crippen LogP contribution in [0.25, 0.3) is 0 Å². The number of nitrogens with zero attached hydrogens (tertiary/aromatic N) is 1. The van der Waals surface area contributed by atoms with Crippen molar-refractivity contribution in [2.45, 2.75) is 25.4 Å². The highest BCUT2D eigenvalue weighted by Gasteiger charge is 2.23. The van der Waals surface area contributed by atoms with Crippen molar-refractivity contribution in [1.29, 1.82) is 0 Å². The van der Waals surface area contributed by atoms with Crippen LogP contribution in [0, 0.1) is 0 Å². The van der Waals surface area contributed by atoms with Crippen molar-refractivity contribution in [3.05, 3.63) is 20.8 Å². The molecule has 2 unspecified atom stereocenters. The Hall–Kier alpha value is -0.430. The van der Waals surface area contributed by atoms with Gasteiger partial charge in [0.15, 0.2) is 0 Å². The largest absolute Gasteiger partial charge is 0.359 e. The fourth-order valence-corrected chi connectivity index (χ4v) is 3.61. The Morgan fingerprint density at radius 2 is 2.28 bits per heavy atom. The molecule has 0 aliphatic rings. The van der Waals surface area contributed by atoms with E-state index in [2.05, 4.69) is 32.2 Å². The summed E-state index contributed by atoms with van der Waals surface area (Å²) in [5, 5.41) is 2.63. The van der Waals surface area contributed by atoms with Crippen molar-refractivity contribution >= 4 is 33.2 Å². The first-order chi connectivity index (χ1) is 8.45. The molecule has 102 valence electrons. The highest BCUT2D eigenvalue weighted by Crippen LogP contribution is 2.31. The van der Waals surface area contributed by atoms with Gasteiger partial charge in [0.05, 0.1) is 9.83 Å². The quantitative estimate of drug-likeness (QED) is 0.836. The number of carbonyl (C=O) groups excluding carboxylic acids is 1. The highest BCUT2D eigenvalue weighted by atomic mass is 79.9. The van der Waals surface area contributed by atoms with E-state index in [-0.39, 0.29) is 18.0 Å². The molecular formula is C12H20BrN3OS. The maximum absolute atomic E-state index is 11.3. The van der Waals surface area contributed by atoms with E-state index in [9.17, 15) is 4.79 Å². The SMILES string of the molecule is CNC(=O)CCN(C)C(c1ccc(Br)s1)C(C)N. The van der Waals surface area contributed by atoms with E-state index < -0.39 is 0 Å². The van der Waals surface area contributed by atoms with Crippen LogP contribution in [-0.2, 0) is 4.79 Å². The maximum Gasteiger partial charge on any atom is 0.221 e. The van der Waals surface area contributed by atoms with E-state index in [4.69, 9.17) is 5.73 Å². The predicted molar refractivity (Wildman–Crippen MR) is 79.7 cm³/mol. The zero-order valence-corrected chi connectivity index (χ0v) is 13.3. The lowest BCUT2D eigenvalue weighted by Gasteiger charge is -2.30. The average molecular weight is 334 g/mol. The predicted octanol–water partition coefficient (Wildman–Crippen LogP) is 1.97. The number of thiophene rings is 1. The lowest BCUT2D eigenvalue weighted by atomic mass is 10.1. The summed E-state index contributed by atoms with van der Waals surface area (Å²) in [4.78, 5) is 14.6. The maximum atomic E-state index is 11.3. The second-order valence-corrected chi connectivity index (χ2v) is 6.84. The van der Waals surface area contributed by atoms with E-state index in [0.29, 0.717) is 13.0 Å². The Balaban J connectivity index is 2.70. The molecular weight excluding hydrogens is 314 g/mol. The molecule has 2 atom stereocenters. The molecule has 0 saturated heterocycles. The number of carbonyl (C=O) groups is 1. The third-order valence-corrected chi connectivity index (χ3v) is 4.52. The third-order valence-electron chi connectivity index (χ3n) is 2.83. The number of amides is 1. The van der Waals surface area contributed by atoms with Gasteiger partial charge in [0.1, 0.15) is 0 Å². The molecule has 1 aromatic heterocycles. The van der Waals surface area contributed by atoms with Gasteiger partial charge in [-0.15, -0.1) is 11.3 Å². The number of hydrogen-bond donors (Lipinski definition) is 2. The van der Waals surface area contributed by atoms with Gasteiger partial charge < -0.3 is 11.1 Å². The van der Waals surface area contributed by atoms with Crippen LogP contribution in [0.1, 0.15) is 24.3 Å². The molecule has 6 heteroatoms. The van der Waals surface area contributed by atoms with Crippen LogP contribution in [-0.4, -0.2) is 37.5 Å². The molecule has 1 heterocycles. The second-order valence-electron chi connectivity index (χ2n) is 4.35. The minimum Gasteiger partial charge on any atom is -0.359 e. The Morgan fingerprint density at radius 3 is 2.72 bits per heavy atom. The van der Waals surface area contributed by atoms with Gasteiger partial charge in [0.2, 0.25) is 5.91 Å². The summed E-state index contributed by atoms with van der Waals surface area (Å²) in [5.41, 5.74) is 6.07. The Kier molecular flexibility index (Phi) is 6.28. The van der Waals surface area contributed by atoms with E-state index in [1.165, 1.54) is 4.88 Å². The van der Waals surface area contributed by atoms with Crippen LogP contribution < -0.4 is 11.1 Å². The van der Waals surface area contributed by atoms with Gasteiger partial charge in [0, 0.05) is 30.9 Å². The standard InChI is InChI=1S/C12H20BrN3OS/c1-8(14)12(9-4-5-10(13)18-9)16(3)7-6-11(17)15-2/h4-5,8,12H,6-7,14H2,1-3H3,(H,15,17). The first kappa shape index (κ1) is 15.6. The molecule has 18 heavy (non-hydrogen) atoms. The molecule has 1 amide bonds. The second kappa shape index (κ2) is 7.23. The molecule has 0 aliphatic heterocycles. The van der Waals surface area contributed by atoms with Crippen molar-refractivity contribution in [2.24, 2.45) is 5.73 Å². The van der Waals surface area contributed by atoms with Crippen molar-refractivity contribution in [3.8, 4) is 0 Å². The van der Waals surface area contributed by atoms with Gasteiger partial charge in [0.25, 0.3) is 0 Å². The number of rotatable bonds is 6. The summed E-state index contributed by atoms with van der Waals surface area (Å²) >= 11 is 5.15. The van der Waals surface area contributed by atoms with Gasteiger partial charge >= 0.3 is 0 Å². The number of nitrogens with one attached hydrogen (secondary N) is 1. The van der Waals surface area contributed by atoms with E-state index in [1.807, 2.05) is 20.0 Å². The average Bonchev–Trinajstić information content (AvgIpc) is 2.72. The summed E-state index contributed by atoms with van der Waals surface area (Å²) in [6, 6.07) is 4.28. The third kappa shape index (κ3) is 4.35. The van der Waals surface area contributed by atoms with Gasteiger partial charge in [-0.1, -0.05) is 0 Å². The Labute approximate surface area is 121 Å². The minimum absolute atomic E-state index is 0.0187. The van der Waals surface area contributed by atoms with Crippen LogP contribution in [0.4, 0.5) is 0 Å². The molecule has 0 fully saturated rings. The van der Waals surface area contributed by atoms with Crippen LogP contribution in [0.5, 0.6) is 0 Å². The van der Waals surface area contributed by atoms with E-state index in [0.717, 1.165) is 3.79 Å². The summed E-state index contributed by atoms with van der Waals surface area (Å²) in [5.74, 6) is 0.0534. The zero-order chi connectivity index (χ0) is 13.7. The smallest absolute Gasteiger partial charge is 0.221 e. The fraction of sp³-hybridized carbons (Fsp3) is 0.583. The van der Waals surface area contributed by atoms with Crippen molar-refractivity contribution in [2.75, 3.05) is 20.6 Å². The minimum atomic E-state index is 0.0187. The Morgan fingerprint density at radius 1 is 1.61 bits per heavy atom. The summed E-state index contributed by atoms with van der Waals surface area (Å²) < 4.78 is 1.10. The molecule has 3 N–H and O–H groups in total. The number of nitrogens with two attached hydrogens (primary N) is 1. The zero-order valence-electron chi connectivity index (χ0n) is 10.9. The topological polar surface area (TPSA) is 58.4 Å². The van der Waals surface area contributed by atoms with Gasteiger partial charge in [-0.3, -0.25) is 9.69 Å². The van der Waals surface area contributed by atoms with Crippen LogP contribution >= 0.6 is 27.3 Å². The summed E-state index contributed by atoms with van der Waals surface area (Å²) in [6.45, 7) is 2.69. The molecule has 0 aromatic carbocycles. The number of likely N-dealkylation sites (N-methyl/N-ethyl adjacent to an activating group) is 1. The molecule has 0 bridgehead atoms. The fourth-order valence-electron chi connectivity index (χ4n) is 1.91. The molecule has 0 radical (unpaired) electrons. The summed E-state index contributed by atoms with van der Waals surface area (Å²) in [6.07, 6.45) is 0.489. The molecule has 1 rings (SSSR count). The van der Waals surface area contributed by atoms with Crippen molar-refractivity contribution < 1.29 is 4.79 Å². The van der Waals surface area contributed by atoms with E-state index in [1.54, 1.807) is 18.4 Å². The Bertz CT molecular complexity index is 394. The van der Waals surface area contributed by atoms with Crippen LogP contribution in [0.3, 0.4) is 0 Å². The molecule has 0 aliphatic carbocycles.